The second kappa shape index (κ2) is 5.81. The maximum absolute atomic E-state index is 4.42. The number of aryl methyl sites for hydroxylation is 1. The molecule has 1 aliphatic heterocycles. The molecule has 5 heteroatoms. The van der Waals surface area contributed by atoms with E-state index in [0.717, 1.165) is 16.8 Å². The molecular weight excluding hydrogens is 352 g/mol. The minimum absolute atomic E-state index is 0.193. The first-order valence-corrected chi connectivity index (χ1v) is 8.48. The average molecular weight is 369 g/mol. The van der Waals surface area contributed by atoms with Gasteiger partial charge < -0.3 is 5.32 Å². The number of fused-ring (bicyclic) bond motifs is 1. The van der Waals surface area contributed by atoms with Gasteiger partial charge in [0.25, 0.3) is 0 Å². The Balaban J connectivity index is 1.73. The second-order valence-electron chi connectivity index (χ2n) is 5.94. The van der Waals surface area contributed by atoms with E-state index >= 15 is 0 Å². The van der Waals surface area contributed by atoms with Crippen molar-refractivity contribution in [2.75, 3.05) is 5.32 Å². The summed E-state index contributed by atoms with van der Waals surface area (Å²) in [6.07, 6.45) is 2.56. The molecule has 0 spiro atoms. The molecule has 116 valence electrons. The van der Waals surface area contributed by atoms with Crippen LogP contribution in [0, 0.1) is 6.92 Å². The summed E-state index contributed by atoms with van der Waals surface area (Å²) < 4.78 is 3.08. The maximum Gasteiger partial charge on any atom is 0.222 e. The summed E-state index contributed by atoms with van der Waals surface area (Å²) in [6, 6.07) is 17.5. The lowest BCUT2D eigenvalue weighted by atomic mass is 9.93. The largest absolute Gasteiger partial charge is 0.348 e. The third kappa shape index (κ3) is 2.77. The van der Waals surface area contributed by atoms with Crippen LogP contribution in [0.25, 0.3) is 0 Å². The monoisotopic (exact) mass is 368 g/mol. The summed E-state index contributed by atoms with van der Waals surface area (Å²) in [7, 11) is 0. The van der Waals surface area contributed by atoms with Crippen LogP contribution < -0.4 is 5.32 Å². The number of halogens is 1. The number of benzene rings is 2. The van der Waals surface area contributed by atoms with E-state index in [1.807, 2.05) is 10.7 Å². The van der Waals surface area contributed by atoms with Crippen molar-refractivity contribution in [3.05, 3.63) is 76.0 Å². The second-order valence-corrected chi connectivity index (χ2v) is 6.86. The Morgan fingerprint density at radius 1 is 1.13 bits per heavy atom. The quantitative estimate of drug-likeness (QED) is 0.724. The third-order valence-corrected chi connectivity index (χ3v) is 4.84. The van der Waals surface area contributed by atoms with Gasteiger partial charge >= 0.3 is 0 Å². The molecule has 2 aromatic carbocycles. The number of rotatable bonds is 2. The van der Waals surface area contributed by atoms with Crippen molar-refractivity contribution >= 4 is 21.9 Å². The predicted octanol–water partition coefficient (Wildman–Crippen LogP) is 4.50. The summed E-state index contributed by atoms with van der Waals surface area (Å²) in [5.41, 5.74) is 3.79. The normalized spacial score (nSPS) is 19.9. The minimum Gasteiger partial charge on any atom is -0.348 e. The number of hydrogen-bond acceptors (Lipinski definition) is 3. The highest BCUT2D eigenvalue weighted by molar-refractivity contribution is 9.10. The van der Waals surface area contributed by atoms with Gasteiger partial charge in [-0.15, -0.1) is 0 Å². The molecule has 0 aliphatic carbocycles. The molecule has 0 saturated carbocycles. The lowest BCUT2D eigenvalue weighted by Crippen LogP contribution is -2.28. The molecule has 0 bridgehead atoms. The molecule has 0 amide bonds. The maximum atomic E-state index is 4.42. The number of nitrogens with zero attached hydrogens (tertiary/aromatic N) is 3. The van der Waals surface area contributed by atoms with E-state index in [-0.39, 0.29) is 12.1 Å². The molecule has 23 heavy (non-hydrogen) atoms. The summed E-state index contributed by atoms with van der Waals surface area (Å²) in [5, 5.41) is 7.92. The van der Waals surface area contributed by atoms with E-state index in [2.05, 4.69) is 80.7 Å². The van der Waals surface area contributed by atoms with Gasteiger partial charge in [0.1, 0.15) is 6.33 Å². The molecule has 1 aromatic heterocycles. The lowest BCUT2D eigenvalue weighted by Gasteiger charge is -2.32. The molecule has 0 fully saturated rings. The fourth-order valence-electron chi connectivity index (χ4n) is 3.13. The highest BCUT2D eigenvalue weighted by Crippen LogP contribution is 2.37. The molecular formula is C18H17BrN4. The zero-order valence-electron chi connectivity index (χ0n) is 12.8. The number of hydrogen-bond donors (Lipinski definition) is 1. The summed E-state index contributed by atoms with van der Waals surface area (Å²) in [6.45, 7) is 2.11. The van der Waals surface area contributed by atoms with Crippen LogP contribution in [-0.4, -0.2) is 14.8 Å². The van der Waals surface area contributed by atoms with E-state index < -0.39 is 0 Å². The Morgan fingerprint density at radius 2 is 1.96 bits per heavy atom. The fourth-order valence-corrected chi connectivity index (χ4v) is 3.54. The Labute approximate surface area is 143 Å². The number of anilines is 1. The van der Waals surface area contributed by atoms with Gasteiger partial charge in [-0.2, -0.15) is 10.1 Å². The van der Waals surface area contributed by atoms with Crippen LogP contribution in [0.4, 0.5) is 5.95 Å². The smallest absolute Gasteiger partial charge is 0.222 e. The van der Waals surface area contributed by atoms with Gasteiger partial charge in [0, 0.05) is 4.47 Å². The van der Waals surface area contributed by atoms with Crippen LogP contribution >= 0.6 is 15.9 Å². The zero-order valence-corrected chi connectivity index (χ0v) is 14.4. The van der Waals surface area contributed by atoms with Crippen molar-refractivity contribution in [3.63, 3.8) is 0 Å². The molecule has 4 rings (SSSR count). The van der Waals surface area contributed by atoms with Gasteiger partial charge in [0.15, 0.2) is 0 Å². The first-order chi connectivity index (χ1) is 11.2. The van der Waals surface area contributed by atoms with E-state index in [1.165, 1.54) is 16.7 Å². The first kappa shape index (κ1) is 14.5. The standard InChI is InChI=1S/C18H17BrN4/c1-12-5-7-13(8-6-12)17-10-16(14-3-2-4-15(19)9-14)22-18-20-11-21-23(17)18/h2-9,11,16-17H,10H2,1H3,(H,20,21,22)/t16-,17-/m1/s1. The van der Waals surface area contributed by atoms with Gasteiger partial charge in [0.05, 0.1) is 12.1 Å². The van der Waals surface area contributed by atoms with Gasteiger partial charge in [-0.05, 0) is 36.6 Å². The van der Waals surface area contributed by atoms with Crippen molar-refractivity contribution in [2.24, 2.45) is 0 Å². The first-order valence-electron chi connectivity index (χ1n) is 7.69. The van der Waals surface area contributed by atoms with E-state index in [9.17, 15) is 0 Å². The Kier molecular flexibility index (Phi) is 3.65. The molecule has 0 unspecified atom stereocenters. The predicted molar refractivity (Wildman–Crippen MR) is 94.5 cm³/mol. The van der Waals surface area contributed by atoms with E-state index in [0.29, 0.717) is 0 Å². The van der Waals surface area contributed by atoms with Crippen molar-refractivity contribution in [1.82, 2.24) is 14.8 Å². The Morgan fingerprint density at radius 3 is 2.74 bits per heavy atom. The van der Waals surface area contributed by atoms with Crippen LogP contribution in [-0.2, 0) is 0 Å². The molecule has 1 aliphatic rings. The van der Waals surface area contributed by atoms with Gasteiger partial charge in [-0.1, -0.05) is 57.9 Å². The summed E-state index contributed by atoms with van der Waals surface area (Å²) >= 11 is 3.56. The lowest BCUT2D eigenvalue weighted by molar-refractivity contribution is 0.431. The topological polar surface area (TPSA) is 42.7 Å². The van der Waals surface area contributed by atoms with Crippen LogP contribution in [0.3, 0.4) is 0 Å². The van der Waals surface area contributed by atoms with Crippen molar-refractivity contribution in [1.29, 1.82) is 0 Å². The molecule has 2 atom stereocenters. The Hall–Kier alpha value is -2.14. The highest BCUT2D eigenvalue weighted by atomic mass is 79.9. The van der Waals surface area contributed by atoms with Crippen molar-refractivity contribution in [3.8, 4) is 0 Å². The average Bonchev–Trinajstić information content (AvgIpc) is 3.03. The zero-order chi connectivity index (χ0) is 15.8. The third-order valence-electron chi connectivity index (χ3n) is 4.34. The van der Waals surface area contributed by atoms with E-state index in [4.69, 9.17) is 0 Å². The van der Waals surface area contributed by atoms with Crippen molar-refractivity contribution in [2.45, 2.75) is 25.4 Å². The Bertz CT molecular complexity index is 825. The van der Waals surface area contributed by atoms with Crippen LogP contribution in [0.1, 0.15) is 35.2 Å². The van der Waals surface area contributed by atoms with Gasteiger partial charge in [-0.25, -0.2) is 4.68 Å². The molecule has 0 saturated heterocycles. The molecule has 2 heterocycles. The van der Waals surface area contributed by atoms with E-state index in [1.54, 1.807) is 6.33 Å². The van der Waals surface area contributed by atoms with Crippen molar-refractivity contribution < 1.29 is 0 Å². The number of nitrogens with one attached hydrogen (secondary N) is 1. The highest BCUT2D eigenvalue weighted by Gasteiger charge is 2.29. The van der Waals surface area contributed by atoms with Gasteiger partial charge in [0.2, 0.25) is 5.95 Å². The number of aromatic nitrogens is 3. The van der Waals surface area contributed by atoms with Gasteiger partial charge in [-0.3, -0.25) is 0 Å². The van der Waals surface area contributed by atoms with Crippen LogP contribution in [0.15, 0.2) is 59.3 Å². The fraction of sp³-hybridized carbons (Fsp3) is 0.222. The summed E-state index contributed by atoms with van der Waals surface area (Å²) in [5.74, 6) is 0.826. The minimum atomic E-state index is 0.193. The summed E-state index contributed by atoms with van der Waals surface area (Å²) in [4.78, 5) is 4.38. The SMILES string of the molecule is Cc1ccc([C@H]2C[C@H](c3cccc(Br)c3)Nc3ncnn32)cc1. The molecule has 3 aromatic rings. The van der Waals surface area contributed by atoms with Crippen LogP contribution in [0.2, 0.25) is 0 Å². The molecule has 1 N–H and O–H groups in total. The molecule has 4 nitrogen and oxygen atoms in total. The van der Waals surface area contributed by atoms with Crippen LogP contribution in [0.5, 0.6) is 0 Å². The molecule has 0 radical (unpaired) electrons.